The van der Waals surface area contributed by atoms with E-state index in [0.717, 1.165) is 31.2 Å². The van der Waals surface area contributed by atoms with Gasteiger partial charge in [-0.05, 0) is 13.0 Å². The minimum absolute atomic E-state index is 0.0449. The van der Waals surface area contributed by atoms with Gasteiger partial charge in [0.25, 0.3) is 0 Å². The molecular weight excluding hydrogens is 222 g/mol. The third-order valence-electron chi connectivity index (χ3n) is 2.63. The zero-order valence-electron chi connectivity index (χ0n) is 9.75. The van der Waals surface area contributed by atoms with Gasteiger partial charge >= 0.3 is 0 Å². The van der Waals surface area contributed by atoms with Gasteiger partial charge in [-0.3, -0.25) is 9.69 Å². The van der Waals surface area contributed by atoms with E-state index in [-0.39, 0.29) is 5.91 Å². The fourth-order valence-corrected chi connectivity index (χ4v) is 3.06. The third kappa shape index (κ3) is 2.59. The van der Waals surface area contributed by atoms with Crippen molar-refractivity contribution in [3.8, 4) is 0 Å². The Morgan fingerprint density at radius 3 is 3.12 bits per heavy atom. The Morgan fingerprint density at radius 2 is 2.44 bits per heavy atom. The van der Waals surface area contributed by atoms with E-state index in [9.17, 15) is 4.79 Å². The summed E-state index contributed by atoms with van der Waals surface area (Å²) < 4.78 is 0. The quantitative estimate of drug-likeness (QED) is 0.876. The Balaban J connectivity index is 2.07. The molecule has 0 unspecified atom stereocenters. The minimum atomic E-state index is -0.0449. The Labute approximate surface area is 99.7 Å². The van der Waals surface area contributed by atoms with Crippen molar-refractivity contribution >= 4 is 22.4 Å². The predicted molar refractivity (Wildman–Crippen MR) is 65.7 cm³/mol. The van der Waals surface area contributed by atoms with E-state index < -0.39 is 0 Å². The molecule has 0 radical (unpaired) electrons. The number of hydrogen-bond acceptors (Lipinski definition) is 4. The van der Waals surface area contributed by atoms with Crippen molar-refractivity contribution < 1.29 is 4.79 Å². The van der Waals surface area contributed by atoms with Crippen LogP contribution in [0.25, 0.3) is 0 Å². The number of fused-ring (bicyclic) bond motifs is 1. The number of rotatable bonds is 3. The van der Waals surface area contributed by atoms with Crippen molar-refractivity contribution in [1.82, 2.24) is 9.88 Å². The number of amides is 1. The maximum Gasteiger partial charge on any atom is 0.223 e. The first-order valence-corrected chi connectivity index (χ1v) is 6.49. The first kappa shape index (κ1) is 11.5. The summed E-state index contributed by atoms with van der Waals surface area (Å²) in [6.07, 6.45) is 2.19. The SMILES string of the molecule is CCCN1CCc2nc(NC(C)=O)sc2C1. The first-order valence-electron chi connectivity index (χ1n) is 5.67. The number of thiazole rings is 1. The van der Waals surface area contributed by atoms with E-state index in [0.29, 0.717) is 0 Å². The Morgan fingerprint density at radius 1 is 1.62 bits per heavy atom. The normalized spacial score (nSPS) is 15.9. The number of hydrogen-bond donors (Lipinski definition) is 1. The molecular formula is C11H17N3OS. The van der Waals surface area contributed by atoms with Crippen LogP contribution in [-0.4, -0.2) is 28.9 Å². The summed E-state index contributed by atoms with van der Waals surface area (Å²) >= 11 is 1.61. The van der Waals surface area contributed by atoms with Gasteiger partial charge in [-0.2, -0.15) is 0 Å². The zero-order chi connectivity index (χ0) is 11.5. The lowest BCUT2D eigenvalue weighted by atomic mass is 10.2. The molecule has 5 heteroatoms. The summed E-state index contributed by atoms with van der Waals surface area (Å²) in [6.45, 7) is 6.94. The molecule has 0 saturated heterocycles. The molecule has 2 heterocycles. The Hall–Kier alpha value is -0.940. The van der Waals surface area contributed by atoms with Crippen LogP contribution >= 0.6 is 11.3 Å². The molecule has 0 spiro atoms. The van der Waals surface area contributed by atoms with Crippen LogP contribution in [0.2, 0.25) is 0 Å². The molecule has 0 saturated carbocycles. The standard InChI is InChI=1S/C11H17N3OS/c1-3-5-14-6-4-9-10(7-14)16-11(13-9)12-8(2)15/h3-7H2,1-2H3,(H,12,13,15). The minimum Gasteiger partial charge on any atom is -0.302 e. The molecule has 2 rings (SSSR count). The van der Waals surface area contributed by atoms with Gasteiger partial charge in [-0.1, -0.05) is 6.92 Å². The van der Waals surface area contributed by atoms with E-state index >= 15 is 0 Å². The first-order chi connectivity index (χ1) is 7.69. The number of nitrogens with zero attached hydrogens (tertiary/aromatic N) is 2. The molecule has 16 heavy (non-hydrogen) atoms. The van der Waals surface area contributed by atoms with Crippen molar-refractivity contribution in [2.45, 2.75) is 33.2 Å². The maximum atomic E-state index is 10.9. The van der Waals surface area contributed by atoms with Crippen molar-refractivity contribution in [1.29, 1.82) is 0 Å². The molecule has 1 aliphatic rings. The number of carbonyl (C=O) groups is 1. The fourth-order valence-electron chi connectivity index (χ4n) is 1.96. The maximum absolute atomic E-state index is 10.9. The average molecular weight is 239 g/mol. The second-order valence-corrected chi connectivity index (χ2v) is 5.18. The van der Waals surface area contributed by atoms with Crippen LogP contribution in [0, 0.1) is 0 Å². The van der Waals surface area contributed by atoms with Crippen molar-refractivity contribution in [3.05, 3.63) is 10.6 Å². The van der Waals surface area contributed by atoms with E-state index in [2.05, 4.69) is 22.1 Å². The van der Waals surface area contributed by atoms with Crippen LogP contribution in [0.4, 0.5) is 5.13 Å². The Kier molecular flexibility index (Phi) is 3.56. The lowest BCUT2D eigenvalue weighted by Crippen LogP contribution is -2.30. The Bertz CT molecular complexity index is 389. The van der Waals surface area contributed by atoms with E-state index in [1.165, 1.54) is 23.9 Å². The number of carbonyl (C=O) groups excluding carboxylic acids is 1. The lowest BCUT2D eigenvalue weighted by Gasteiger charge is -2.24. The van der Waals surface area contributed by atoms with Crippen LogP contribution in [0.5, 0.6) is 0 Å². The third-order valence-corrected chi connectivity index (χ3v) is 3.63. The van der Waals surface area contributed by atoms with Gasteiger partial charge < -0.3 is 5.32 Å². The molecule has 0 aromatic carbocycles. The molecule has 88 valence electrons. The van der Waals surface area contributed by atoms with Crippen LogP contribution in [0.3, 0.4) is 0 Å². The van der Waals surface area contributed by atoms with Gasteiger partial charge in [0, 0.05) is 31.3 Å². The van der Waals surface area contributed by atoms with Gasteiger partial charge in [-0.15, -0.1) is 11.3 Å². The summed E-state index contributed by atoms with van der Waals surface area (Å²) in [5.41, 5.74) is 1.17. The molecule has 0 atom stereocenters. The van der Waals surface area contributed by atoms with Gasteiger partial charge in [0.1, 0.15) is 0 Å². The second kappa shape index (κ2) is 4.93. The van der Waals surface area contributed by atoms with E-state index in [1.54, 1.807) is 11.3 Å². The highest BCUT2D eigenvalue weighted by molar-refractivity contribution is 7.15. The molecule has 0 aliphatic carbocycles. The second-order valence-electron chi connectivity index (χ2n) is 4.10. The molecule has 4 nitrogen and oxygen atoms in total. The average Bonchev–Trinajstić information content (AvgIpc) is 2.58. The lowest BCUT2D eigenvalue weighted by molar-refractivity contribution is -0.114. The summed E-state index contributed by atoms with van der Waals surface area (Å²) in [7, 11) is 0. The largest absolute Gasteiger partial charge is 0.302 e. The summed E-state index contributed by atoms with van der Waals surface area (Å²) in [5.74, 6) is -0.0449. The highest BCUT2D eigenvalue weighted by Crippen LogP contribution is 2.28. The van der Waals surface area contributed by atoms with Gasteiger partial charge in [0.2, 0.25) is 5.91 Å². The zero-order valence-corrected chi connectivity index (χ0v) is 10.6. The molecule has 0 fully saturated rings. The number of aromatic nitrogens is 1. The summed E-state index contributed by atoms with van der Waals surface area (Å²) in [4.78, 5) is 19.1. The van der Waals surface area contributed by atoms with E-state index in [4.69, 9.17) is 0 Å². The van der Waals surface area contributed by atoms with Gasteiger partial charge in [0.05, 0.1) is 5.69 Å². The van der Waals surface area contributed by atoms with Crippen LogP contribution in [0.1, 0.15) is 30.8 Å². The smallest absolute Gasteiger partial charge is 0.223 e. The summed E-state index contributed by atoms with van der Waals surface area (Å²) in [6, 6.07) is 0. The highest BCUT2D eigenvalue weighted by atomic mass is 32.1. The molecule has 1 N–H and O–H groups in total. The predicted octanol–water partition coefficient (Wildman–Crippen LogP) is 1.87. The van der Waals surface area contributed by atoms with Crippen molar-refractivity contribution in [3.63, 3.8) is 0 Å². The molecule has 1 aliphatic heterocycles. The molecule has 1 aromatic rings. The summed E-state index contributed by atoms with van der Waals surface area (Å²) in [5, 5.41) is 3.50. The van der Waals surface area contributed by atoms with Crippen molar-refractivity contribution in [2.75, 3.05) is 18.4 Å². The topological polar surface area (TPSA) is 45.2 Å². The van der Waals surface area contributed by atoms with Gasteiger partial charge in [-0.25, -0.2) is 4.98 Å². The number of anilines is 1. The molecule has 1 aromatic heterocycles. The number of nitrogens with one attached hydrogen (secondary N) is 1. The van der Waals surface area contributed by atoms with E-state index in [1.807, 2.05) is 0 Å². The van der Waals surface area contributed by atoms with Crippen LogP contribution in [0.15, 0.2) is 0 Å². The van der Waals surface area contributed by atoms with Crippen LogP contribution < -0.4 is 5.32 Å². The van der Waals surface area contributed by atoms with Gasteiger partial charge in [0.15, 0.2) is 5.13 Å². The monoisotopic (exact) mass is 239 g/mol. The fraction of sp³-hybridized carbons (Fsp3) is 0.636. The van der Waals surface area contributed by atoms with Crippen LogP contribution in [-0.2, 0) is 17.8 Å². The molecule has 1 amide bonds. The highest BCUT2D eigenvalue weighted by Gasteiger charge is 2.20. The molecule has 0 bridgehead atoms. The van der Waals surface area contributed by atoms with Crippen molar-refractivity contribution in [2.24, 2.45) is 0 Å².